The van der Waals surface area contributed by atoms with Crippen LogP contribution >= 0.6 is 11.6 Å². The van der Waals surface area contributed by atoms with Crippen molar-refractivity contribution in [2.45, 2.75) is 58.8 Å². The summed E-state index contributed by atoms with van der Waals surface area (Å²) in [7, 11) is 0. The summed E-state index contributed by atoms with van der Waals surface area (Å²) in [5.41, 5.74) is 2.91. The second-order valence-electron chi connectivity index (χ2n) is 11.1. The number of amides is 2. The van der Waals surface area contributed by atoms with Gasteiger partial charge in [0, 0.05) is 41.9 Å². The van der Waals surface area contributed by atoms with E-state index in [0.29, 0.717) is 60.7 Å². The van der Waals surface area contributed by atoms with Crippen molar-refractivity contribution < 1.29 is 23.8 Å². The molecule has 0 bridgehead atoms. The minimum absolute atomic E-state index is 0.201. The van der Waals surface area contributed by atoms with Crippen molar-refractivity contribution in [1.82, 2.24) is 14.8 Å². The fourth-order valence-corrected chi connectivity index (χ4v) is 4.34. The maximum absolute atomic E-state index is 13.2. The van der Waals surface area contributed by atoms with Crippen LogP contribution in [0.15, 0.2) is 73.1 Å². The smallest absolute Gasteiger partial charge is 0.324 e. The van der Waals surface area contributed by atoms with Crippen molar-refractivity contribution in [1.29, 1.82) is 0 Å². The fourth-order valence-electron chi connectivity index (χ4n) is 4.23. The number of carbonyl (C=O) groups excluding carboxylic acids is 2. The minimum atomic E-state index is -0.399. The molecule has 2 heterocycles. The number of hydrogen-bond acceptors (Lipinski definition) is 7. The lowest BCUT2D eigenvalue weighted by atomic mass is 9.87. The van der Waals surface area contributed by atoms with Crippen molar-refractivity contribution in [2.75, 3.05) is 29.7 Å². The van der Waals surface area contributed by atoms with E-state index in [1.807, 2.05) is 43.3 Å². The molecule has 4 aromatic rings. The Kier molecular flexibility index (Phi) is 11.8. The van der Waals surface area contributed by atoms with Crippen molar-refractivity contribution in [2.24, 2.45) is 0 Å². The summed E-state index contributed by atoms with van der Waals surface area (Å²) in [6.07, 6.45) is 5.66. The van der Waals surface area contributed by atoms with Crippen LogP contribution in [-0.2, 0) is 14.9 Å². The molecule has 0 saturated heterocycles. The molecule has 0 aliphatic carbocycles. The maximum atomic E-state index is 13.2. The quantitative estimate of drug-likeness (QED) is 0.0773. The van der Waals surface area contributed by atoms with Gasteiger partial charge in [-0.1, -0.05) is 20.8 Å². The second kappa shape index (κ2) is 15.9. The zero-order valence-electron chi connectivity index (χ0n) is 26.1. The maximum Gasteiger partial charge on any atom is 0.324 e. The number of halogens is 1. The van der Waals surface area contributed by atoms with Crippen LogP contribution < -0.4 is 20.1 Å². The van der Waals surface area contributed by atoms with Crippen LogP contribution in [0.4, 0.5) is 16.3 Å². The second-order valence-corrected chi connectivity index (χ2v) is 11.5. The average Bonchev–Trinajstić information content (AvgIpc) is 3.46. The van der Waals surface area contributed by atoms with Crippen LogP contribution in [0.2, 0.25) is 0 Å². The van der Waals surface area contributed by atoms with Crippen LogP contribution in [0.5, 0.6) is 17.2 Å². The summed E-state index contributed by atoms with van der Waals surface area (Å²) in [4.78, 5) is 28.9. The largest absolute Gasteiger partial charge is 0.494 e. The highest BCUT2D eigenvalue weighted by Crippen LogP contribution is 2.30. The number of nitrogens with zero attached hydrogens (tertiary/aromatic N) is 3. The van der Waals surface area contributed by atoms with Gasteiger partial charge < -0.3 is 19.5 Å². The lowest BCUT2D eigenvalue weighted by Gasteiger charge is -2.19. The van der Waals surface area contributed by atoms with E-state index < -0.39 is 6.03 Å². The van der Waals surface area contributed by atoms with Crippen LogP contribution in [0, 0.1) is 6.92 Å². The van der Waals surface area contributed by atoms with Gasteiger partial charge in [-0.3, -0.25) is 15.1 Å². The number of carbonyl (C=O) groups is 2. The summed E-state index contributed by atoms with van der Waals surface area (Å²) in [6.45, 7) is 8.96. The van der Waals surface area contributed by atoms with E-state index in [0.717, 1.165) is 23.4 Å². The van der Waals surface area contributed by atoms with Crippen molar-refractivity contribution >= 4 is 35.1 Å². The lowest BCUT2D eigenvalue weighted by Crippen LogP contribution is -2.21. The highest BCUT2D eigenvalue weighted by Gasteiger charge is 2.24. The van der Waals surface area contributed by atoms with Gasteiger partial charge in [0.2, 0.25) is 0 Å². The highest BCUT2D eigenvalue weighted by atomic mass is 35.5. The van der Waals surface area contributed by atoms with E-state index in [1.165, 1.54) is 0 Å². The first-order chi connectivity index (χ1) is 21.7. The molecule has 2 N–H and O–H groups in total. The molecule has 0 radical (unpaired) electrons. The molecule has 2 aromatic heterocycles. The number of benzene rings is 2. The summed E-state index contributed by atoms with van der Waals surface area (Å²) >= 11 is 5.60. The molecule has 0 aliphatic heterocycles. The SMILES string of the molecule is CCC(C)(C)c1cc(NC(=O)Nc2ccc(Oc3ccncc3)cc2C)n(-c2ccc(OCCCC(=O)OCCCCl)cc2)n1. The Balaban J connectivity index is 1.41. The van der Waals surface area contributed by atoms with Gasteiger partial charge in [0.1, 0.15) is 23.1 Å². The van der Waals surface area contributed by atoms with E-state index in [2.05, 4.69) is 36.4 Å². The third-order valence-corrected chi connectivity index (χ3v) is 7.54. The minimum Gasteiger partial charge on any atom is -0.494 e. The van der Waals surface area contributed by atoms with Gasteiger partial charge in [-0.15, -0.1) is 11.6 Å². The molecule has 0 fully saturated rings. The number of aromatic nitrogens is 3. The van der Waals surface area contributed by atoms with E-state index in [9.17, 15) is 9.59 Å². The molecule has 11 heteroatoms. The Morgan fingerprint density at radius 3 is 2.33 bits per heavy atom. The Morgan fingerprint density at radius 1 is 0.911 bits per heavy atom. The van der Waals surface area contributed by atoms with Crippen LogP contribution in [0.1, 0.15) is 57.7 Å². The molecule has 0 unspecified atom stereocenters. The molecule has 4 rings (SSSR count). The highest BCUT2D eigenvalue weighted by molar-refractivity contribution is 6.17. The average molecular weight is 634 g/mol. The molecule has 10 nitrogen and oxygen atoms in total. The molecule has 0 saturated carbocycles. The number of alkyl halides is 1. The van der Waals surface area contributed by atoms with Gasteiger partial charge in [-0.05, 0) is 86.3 Å². The first-order valence-corrected chi connectivity index (χ1v) is 15.5. The van der Waals surface area contributed by atoms with E-state index >= 15 is 0 Å². The molecule has 45 heavy (non-hydrogen) atoms. The summed E-state index contributed by atoms with van der Waals surface area (Å²) in [6, 6.07) is 17.9. The number of ether oxygens (including phenoxy) is 3. The van der Waals surface area contributed by atoms with Gasteiger partial charge in [-0.25, -0.2) is 9.48 Å². The normalized spacial score (nSPS) is 11.1. The van der Waals surface area contributed by atoms with E-state index in [1.54, 1.807) is 41.3 Å². The number of aryl methyl sites for hydroxylation is 1. The van der Waals surface area contributed by atoms with Crippen LogP contribution in [0.25, 0.3) is 5.69 Å². The van der Waals surface area contributed by atoms with Gasteiger partial charge in [0.25, 0.3) is 0 Å². The number of rotatable bonds is 15. The van der Waals surface area contributed by atoms with E-state index in [4.69, 9.17) is 30.9 Å². The van der Waals surface area contributed by atoms with Gasteiger partial charge in [0.05, 0.1) is 24.6 Å². The standard InChI is InChI=1S/C34H40ClN5O5/c1-5-34(3,4)30-23-31(38-33(42)37-29-14-13-28(22-24(29)2)45-27-15-18-36-19-16-27)40(39-30)25-9-11-26(12-10-25)43-20-6-8-32(41)44-21-7-17-35/h9-16,18-19,22-23H,5-8,17,20-21H2,1-4H3,(H2,37,38,42). The lowest BCUT2D eigenvalue weighted by molar-refractivity contribution is -0.143. The zero-order chi connectivity index (χ0) is 32.2. The Hall–Kier alpha value is -4.57. The topological polar surface area (TPSA) is 117 Å². The molecular formula is C34H40ClN5O5. The van der Waals surface area contributed by atoms with E-state index in [-0.39, 0.29) is 17.8 Å². The fraction of sp³-hybridized carbons (Fsp3) is 0.353. The molecule has 0 atom stereocenters. The number of anilines is 2. The van der Waals surface area contributed by atoms with Gasteiger partial charge >= 0.3 is 12.0 Å². The number of nitrogens with one attached hydrogen (secondary N) is 2. The third kappa shape index (κ3) is 9.71. The third-order valence-electron chi connectivity index (χ3n) is 7.28. The molecule has 0 spiro atoms. The molecule has 238 valence electrons. The monoisotopic (exact) mass is 633 g/mol. The summed E-state index contributed by atoms with van der Waals surface area (Å²) in [5.74, 6) is 2.73. The van der Waals surface area contributed by atoms with Crippen LogP contribution in [0.3, 0.4) is 0 Å². The Morgan fingerprint density at radius 2 is 1.64 bits per heavy atom. The summed E-state index contributed by atoms with van der Waals surface area (Å²) in [5, 5.41) is 10.8. The van der Waals surface area contributed by atoms with Crippen molar-refractivity contribution in [3.63, 3.8) is 0 Å². The van der Waals surface area contributed by atoms with Crippen molar-refractivity contribution in [3.05, 3.63) is 84.3 Å². The predicted octanol–water partition coefficient (Wildman–Crippen LogP) is 8.03. The first kappa shape index (κ1) is 33.3. The number of urea groups is 1. The molecular weight excluding hydrogens is 594 g/mol. The van der Waals surface area contributed by atoms with Crippen LogP contribution in [-0.4, -0.2) is 45.9 Å². The Labute approximate surface area is 269 Å². The van der Waals surface area contributed by atoms with Gasteiger partial charge in [-0.2, -0.15) is 5.10 Å². The first-order valence-electron chi connectivity index (χ1n) is 15.0. The predicted molar refractivity (Wildman–Crippen MR) is 176 cm³/mol. The van der Waals surface area contributed by atoms with Gasteiger partial charge in [0.15, 0.2) is 0 Å². The number of pyridine rings is 1. The molecule has 2 aromatic carbocycles. The molecule has 0 aliphatic rings. The summed E-state index contributed by atoms with van der Waals surface area (Å²) < 4.78 is 18.5. The number of hydrogen-bond donors (Lipinski definition) is 2. The number of esters is 1. The van der Waals surface area contributed by atoms with Crippen molar-refractivity contribution in [3.8, 4) is 22.9 Å². The zero-order valence-corrected chi connectivity index (χ0v) is 26.9. The molecule has 2 amide bonds. The Bertz CT molecular complexity index is 1560.